The molecule has 0 saturated carbocycles. The third-order valence-corrected chi connectivity index (χ3v) is 6.48. The molecule has 0 aromatic rings. The van der Waals surface area contributed by atoms with Crippen LogP contribution in [0, 0.1) is 5.92 Å². The number of hydrogen-bond acceptors (Lipinski definition) is 3. The van der Waals surface area contributed by atoms with Crippen molar-refractivity contribution in [1.82, 2.24) is 10.6 Å². The molecule has 0 bridgehead atoms. The molecule has 0 aliphatic rings. The number of hydrogen-bond donors (Lipinski definition) is 3. The molecule has 0 aliphatic carbocycles. The highest BCUT2D eigenvalue weighted by molar-refractivity contribution is 5.87. The maximum absolute atomic E-state index is 12.7. The first kappa shape index (κ1) is 33.4. The molecule has 0 heterocycles. The SMILES string of the molecule is CCCCCCCCCCCC(=O)NC(CC(C)C)C(=O)NCCCCCCCCCCC(=O)O. The molecule has 6 heteroatoms. The highest BCUT2D eigenvalue weighted by Crippen LogP contribution is 2.12. The summed E-state index contributed by atoms with van der Waals surface area (Å²) >= 11 is 0. The summed E-state index contributed by atoms with van der Waals surface area (Å²) in [5.41, 5.74) is 0. The second kappa shape index (κ2) is 24.1. The minimum atomic E-state index is -0.707. The second-order valence-corrected chi connectivity index (χ2v) is 10.6. The molecular formula is C29H56N2O4. The van der Waals surface area contributed by atoms with Gasteiger partial charge in [0, 0.05) is 19.4 Å². The highest BCUT2D eigenvalue weighted by atomic mass is 16.4. The fourth-order valence-electron chi connectivity index (χ4n) is 4.36. The fraction of sp³-hybridized carbons (Fsp3) is 0.897. The third-order valence-electron chi connectivity index (χ3n) is 6.48. The van der Waals surface area contributed by atoms with Crippen molar-refractivity contribution < 1.29 is 19.5 Å². The van der Waals surface area contributed by atoms with Crippen LogP contribution in [-0.4, -0.2) is 35.5 Å². The van der Waals surface area contributed by atoms with E-state index in [1.807, 2.05) is 0 Å². The summed E-state index contributed by atoms with van der Waals surface area (Å²) in [7, 11) is 0. The first-order valence-corrected chi connectivity index (χ1v) is 14.7. The molecule has 35 heavy (non-hydrogen) atoms. The van der Waals surface area contributed by atoms with Gasteiger partial charge in [0.1, 0.15) is 6.04 Å². The Morgan fingerprint density at radius 1 is 0.657 bits per heavy atom. The lowest BCUT2D eigenvalue weighted by atomic mass is 10.0. The van der Waals surface area contributed by atoms with Crippen molar-refractivity contribution in [1.29, 1.82) is 0 Å². The Morgan fingerprint density at radius 2 is 1.11 bits per heavy atom. The van der Waals surface area contributed by atoms with Crippen LogP contribution in [0.25, 0.3) is 0 Å². The average Bonchev–Trinajstić information content (AvgIpc) is 2.80. The number of amides is 2. The largest absolute Gasteiger partial charge is 0.481 e. The molecule has 0 aromatic heterocycles. The first-order chi connectivity index (χ1) is 16.9. The number of nitrogens with one attached hydrogen (secondary N) is 2. The van der Waals surface area contributed by atoms with Crippen molar-refractivity contribution in [3.8, 4) is 0 Å². The average molecular weight is 497 g/mol. The molecule has 6 nitrogen and oxygen atoms in total. The Bertz CT molecular complexity index is 537. The van der Waals surface area contributed by atoms with Gasteiger partial charge in [-0.15, -0.1) is 0 Å². The van der Waals surface area contributed by atoms with Crippen molar-refractivity contribution in [2.24, 2.45) is 5.92 Å². The van der Waals surface area contributed by atoms with E-state index >= 15 is 0 Å². The number of carbonyl (C=O) groups excluding carboxylic acids is 2. The van der Waals surface area contributed by atoms with Crippen LogP contribution >= 0.6 is 0 Å². The second-order valence-electron chi connectivity index (χ2n) is 10.6. The maximum Gasteiger partial charge on any atom is 0.303 e. The zero-order valence-electron chi connectivity index (χ0n) is 23.2. The highest BCUT2D eigenvalue weighted by Gasteiger charge is 2.21. The normalized spacial score (nSPS) is 12.0. The predicted octanol–water partition coefficient (Wildman–Crippen LogP) is 7.15. The van der Waals surface area contributed by atoms with Crippen molar-refractivity contribution in [3.05, 3.63) is 0 Å². The van der Waals surface area contributed by atoms with E-state index in [9.17, 15) is 14.4 Å². The Hall–Kier alpha value is -1.59. The molecule has 0 rings (SSSR count). The van der Waals surface area contributed by atoms with Gasteiger partial charge < -0.3 is 15.7 Å². The molecule has 0 saturated heterocycles. The Balaban J connectivity index is 3.89. The molecule has 2 amide bonds. The van der Waals surface area contributed by atoms with E-state index in [4.69, 9.17) is 5.11 Å². The number of carbonyl (C=O) groups is 3. The van der Waals surface area contributed by atoms with Crippen LogP contribution in [0.1, 0.15) is 149 Å². The van der Waals surface area contributed by atoms with Gasteiger partial charge >= 0.3 is 5.97 Å². The molecule has 0 aromatic carbocycles. The summed E-state index contributed by atoms with van der Waals surface area (Å²) in [6.07, 6.45) is 20.8. The first-order valence-electron chi connectivity index (χ1n) is 14.7. The van der Waals surface area contributed by atoms with Gasteiger partial charge in [-0.1, -0.05) is 111 Å². The molecule has 0 spiro atoms. The van der Waals surface area contributed by atoms with E-state index in [1.165, 1.54) is 44.9 Å². The number of carboxylic acid groups (broad SMARTS) is 1. The van der Waals surface area contributed by atoms with Gasteiger partial charge in [0.25, 0.3) is 0 Å². The fourth-order valence-corrected chi connectivity index (χ4v) is 4.36. The summed E-state index contributed by atoms with van der Waals surface area (Å²) in [5, 5.41) is 14.6. The molecule has 1 atom stereocenters. The van der Waals surface area contributed by atoms with E-state index in [1.54, 1.807) is 0 Å². The number of carboxylic acids is 1. The Morgan fingerprint density at radius 3 is 1.60 bits per heavy atom. The summed E-state index contributed by atoms with van der Waals surface area (Å²) in [6, 6.07) is -0.438. The van der Waals surface area contributed by atoms with Gasteiger partial charge in [-0.25, -0.2) is 0 Å². The molecule has 0 aliphatic heterocycles. The predicted molar refractivity (Wildman–Crippen MR) is 145 cm³/mol. The van der Waals surface area contributed by atoms with Gasteiger partial charge in [-0.3, -0.25) is 14.4 Å². The van der Waals surface area contributed by atoms with E-state index < -0.39 is 12.0 Å². The van der Waals surface area contributed by atoms with Gasteiger partial charge in [0.15, 0.2) is 0 Å². The minimum absolute atomic E-state index is 0.00268. The van der Waals surface area contributed by atoms with Crippen molar-refractivity contribution in [2.75, 3.05) is 6.54 Å². The molecule has 3 N–H and O–H groups in total. The molecule has 1 unspecified atom stereocenters. The van der Waals surface area contributed by atoms with Gasteiger partial charge in [-0.05, 0) is 31.6 Å². The number of aliphatic carboxylic acids is 1. The Kier molecular flexibility index (Phi) is 23.0. The van der Waals surface area contributed by atoms with E-state index in [0.717, 1.165) is 64.2 Å². The lowest BCUT2D eigenvalue weighted by Gasteiger charge is -2.20. The number of unbranched alkanes of at least 4 members (excludes halogenated alkanes) is 15. The minimum Gasteiger partial charge on any atom is -0.481 e. The summed E-state index contributed by atoms with van der Waals surface area (Å²) in [4.78, 5) is 35.5. The van der Waals surface area contributed by atoms with Crippen LogP contribution in [0.15, 0.2) is 0 Å². The summed E-state index contributed by atoms with van der Waals surface area (Å²) in [6.45, 7) is 7.05. The lowest BCUT2D eigenvalue weighted by Crippen LogP contribution is -2.47. The van der Waals surface area contributed by atoms with E-state index in [2.05, 4.69) is 31.4 Å². The van der Waals surface area contributed by atoms with Crippen molar-refractivity contribution in [3.63, 3.8) is 0 Å². The maximum atomic E-state index is 12.7. The lowest BCUT2D eigenvalue weighted by molar-refractivity contribution is -0.137. The van der Waals surface area contributed by atoms with Gasteiger partial charge in [0.05, 0.1) is 0 Å². The van der Waals surface area contributed by atoms with Crippen LogP contribution in [0.2, 0.25) is 0 Å². The van der Waals surface area contributed by atoms with Crippen molar-refractivity contribution in [2.45, 2.75) is 155 Å². The smallest absolute Gasteiger partial charge is 0.303 e. The molecular weight excluding hydrogens is 440 g/mol. The third kappa shape index (κ3) is 23.9. The van der Waals surface area contributed by atoms with Gasteiger partial charge in [-0.2, -0.15) is 0 Å². The van der Waals surface area contributed by atoms with E-state index in [0.29, 0.717) is 25.3 Å². The zero-order valence-corrected chi connectivity index (χ0v) is 23.2. The molecule has 0 radical (unpaired) electrons. The van der Waals surface area contributed by atoms with E-state index in [-0.39, 0.29) is 18.2 Å². The topological polar surface area (TPSA) is 95.5 Å². The standard InChI is InChI=1S/C29H56N2O4/c1-4-5-6-7-8-9-12-15-18-21-27(32)31-26(24-25(2)3)29(35)30-23-20-17-14-11-10-13-16-19-22-28(33)34/h25-26H,4-24H2,1-3H3,(H,30,35)(H,31,32)(H,33,34). The van der Waals surface area contributed by atoms with Gasteiger partial charge in [0.2, 0.25) is 11.8 Å². The summed E-state index contributed by atoms with van der Waals surface area (Å²) in [5.74, 6) is -0.426. The quantitative estimate of drug-likeness (QED) is 0.117. The van der Waals surface area contributed by atoms with Crippen LogP contribution < -0.4 is 10.6 Å². The van der Waals surface area contributed by atoms with Crippen LogP contribution in [0.4, 0.5) is 0 Å². The summed E-state index contributed by atoms with van der Waals surface area (Å²) < 4.78 is 0. The van der Waals surface area contributed by atoms with Crippen molar-refractivity contribution >= 4 is 17.8 Å². The monoisotopic (exact) mass is 496 g/mol. The van der Waals surface area contributed by atoms with Crippen LogP contribution in [0.5, 0.6) is 0 Å². The molecule has 206 valence electrons. The zero-order chi connectivity index (χ0) is 26.2. The van der Waals surface area contributed by atoms with Crippen LogP contribution in [-0.2, 0) is 14.4 Å². The number of rotatable bonds is 25. The molecule has 0 fully saturated rings. The van der Waals surface area contributed by atoms with Crippen LogP contribution in [0.3, 0.4) is 0 Å². The Labute approximate surface area is 215 Å².